The first-order valence-corrected chi connectivity index (χ1v) is 24.0. The Morgan fingerprint density at radius 1 is 0.467 bits per heavy atom. The third kappa shape index (κ3) is 22.3. The van der Waals surface area contributed by atoms with Gasteiger partial charge >= 0.3 is 0 Å². The van der Waals surface area contributed by atoms with Gasteiger partial charge in [0.2, 0.25) is 17.1 Å². The average Bonchev–Trinajstić information content (AvgIpc) is 1.59. The van der Waals surface area contributed by atoms with Gasteiger partial charge in [-0.25, -0.2) is 0 Å². The molecule has 9 rings (SSSR count). The van der Waals surface area contributed by atoms with E-state index in [-0.39, 0.29) is 229 Å². The predicted molar refractivity (Wildman–Crippen MR) is 308 cm³/mol. The fourth-order valence-corrected chi connectivity index (χ4v) is 7.63. The Morgan fingerprint density at radius 3 is 1.16 bits per heavy atom. The number of carbonyl (C=O) groups is 4. The number of aryl methyl sites for hydroxylation is 5. The Hall–Kier alpha value is -6.24. The van der Waals surface area contributed by atoms with Crippen LogP contribution in [0.2, 0.25) is 0 Å². The molecule has 0 aliphatic carbocycles. The van der Waals surface area contributed by atoms with Crippen LogP contribution in [-0.2, 0) is 164 Å². The largest absolute Gasteiger partial charge is 0.523 e. The number of nitro benzene ring substituents is 3. The minimum atomic E-state index is -1.50. The van der Waals surface area contributed by atoms with Crippen LogP contribution in [-0.4, -0.2) is 84.2 Å². The number of fused-ring (bicyclic) bond motifs is 2. The van der Waals surface area contributed by atoms with E-state index in [0.29, 0.717) is 45.0 Å². The summed E-state index contributed by atoms with van der Waals surface area (Å²) in [7, 11) is 7.12. The second-order valence-corrected chi connectivity index (χ2v) is 17.1. The van der Waals surface area contributed by atoms with E-state index in [2.05, 4.69) is 30.3 Å². The summed E-state index contributed by atoms with van der Waals surface area (Å²) in [6, 6.07) is 38.6. The number of ether oxygens (including phenoxy) is 5. The summed E-state index contributed by atoms with van der Waals surface area (Å²) >= 11 is 0. The molecule has 7 aromatic rings. The number of nitrogens with zero attached hydrogens (tertiary/aromatic N) is 8. The van der Waals surface area contributed by atoms with Crippen molar-refractivity contribution in [2.75, 3.05) is 56.8 Å². The summed E-state index contributed by atoms with van der Waals surface area (Å²) in [5.41, 5.74) is 17.4. The summed E-state index contributed by atoms with van der Waals surface area (Å²) in [6.45, 7) is 10.5. The van der Waals surface area contributed by atoms with Crippen molar-refractivity contribution < 1.29 is 234 Å². The van der Waals surface area contributed by atoms with Crippen molar-refractivity contribution in [2.24, 2.45) is 0 Å². The molecule has 0 spiro atoms. The van der Waals surface area contributed by atoms with E-state index in [9.17, 15) is 49.5 Å². The van der Waals surface area contributed by atoms with Gasteiger partial charge in [0.25, 0.3) is 28.7 Å². The van der Waals surface area contributed by atoms with Crippen LogP contribution in [0.3, 0.4) is 0 Å². The minimum Gasteiger partial charge on any atom is -0.523 e. The van der Waals surface area contributed by atoms with Crippen LogP contribution in [0.5, 0.6) is 28.7 Å². The van der Waals surface area contributed by atoms with Crippen molar-refractivity contribution in [3.05, 3.63) is 217 Å². The molecule has 5 N–H and O–H groups in total. The molecule has 0 saturated carbocycles. The first-order chi connectivity index (χ1) is 40.2. The molecule has 33 heteroatoms. The van der Waals surface area contributed by atoms with E-state index in [4.69, 9.17) is 61.3 Å². The second kappa shape index (κ2) is 42.0. The molecule has 5 radical (unpaired) electrons. The van der Waals surface area contributed by atoms with Crippen LogP contribution in [0.15, 0.2) is 91.0 Å². The number of carbonyl (C=O) groups excluding carboxylic acids is 4. The molecular formula is C57H57N10O18Y5-5. The van der Waals surface area contributed by atoms with Gasteiger partial charge < -0.3 is 40.4 Å². The smallest absolute Gasteiger partial charge is 0.291 e. The number of rotatable bonds is 10. The number of nitrogen functional groups attached to an aromatic ring is 2. The number of imide groups is 2. The predicted octanol–water partition coefficient (Wildman–Crippen LogP) is 9.98. The van der Waals surface area contributed by atoms with E-state index < -0.39 is 37.4 Å². The molecule has 90 heavy (non-hydrogen) atoms. The van der Waals surface area contributed by atoms with Crippen molar-refractivity contribution in [1.29, 1.82) is 10.8 Å². The molecule has 0 aromatic heterocycles. The number of amides is 4. The number of benzene rings is 7. The summed E-state index contributed by atoms with van der Waals surface area (Å²) in [5, 5.41) is 58.3. The molecule has 2 aliphatic heterocycles. The van der Waals surface area contributed by atoms with E-state index in [1.165, 1.54) is 51.5 Å². The molecule has 4 amide bonds. The van der Waals surface area contributed by atoms with Crippen molar-refractivity contribution >= 4 is 63.4 Å². The average molecular weight is 1610 g/mol. The molecule has 2 aliphatic rings. The number of methoxy groups -OCH3 is 5. The molecule has 0 atom stereocenters. The molecule has 0 unspecified atom stereocenters. The molecular weight excluding hydrogens is 1560 g/mol. The van der Waals surface area contributed by atoms with Gasteiger partial charge in [0.05, 0.1) is 75.1 Å². The van der Waals surface area contributed by atoms with E-state index >= 15 is 0 Å². The first kappa shape index (κ1) is 88.0. The molecule has 7 aromatic carbocycles. The fraction of sp³-hybridized carbons (Fsp3) is 0.193. The van der Waals surface area contributed by atoms with E-state index in [1.54, 1.807) is 102 Å². The molecule has 0 saturated heterocycles. The number of hydrogen-bond acceptors (Lipinski definition) is 21. The van der Waals surface area contributed by atoms with Gasteiger partial charge in [-0.3, -0.25) is 59.3 Å². The Bertz CT molecular complexity index is 3600. The van der Waals surface area contributed by atoms with Crippen LogP contribution in [0.25, 0.3) is 0 Å². The van der Waals surface area contributed by atoms with E-state index in [0.717, 1.165) is 27.3 Å². The molecule has 2 heterocycles. The van der Waals surface area contributed by atoms with Gasteiger partial charge in [0.1, 0.15) is 0 Å². The Kier molecular flexibility index (Phi) is 41.1. The Morgan fingerprint density at radius 2 is 0.789 bits per heavy atom. The molecule has 0 fully saturated rings. The van der Waals surface area contributed by atoms with Crippen LogP contribution < -0.4 is 45.0 Å². The number of nitrogens with two attached hydrogens (primary N) is 2. The molecule has 28 nitrogen and oxygen atoms in total. The first-order valence-electron chi connectivity index (χ1n) is 24.0. The monoisotopic (exact) mass is 1610 g/mol. The van der Waals surface area contributed by atoms with E-state index in [1.807, 2.05) is 19.9 Å². The second-order valence-electron chi connectivity index (χ2n) is 17.1. The topological polar surface area (TPSA) is 413 Å². The van der Waals surface area contributed by atoms with Crippen LogP contribution in [0.1, 0.15) is 77.7 Å². The van der Waals surface area contributed by atoms with Crippen LogP contribution in [0, 0.1) is 123 Å². The summed E-state index contributed by atoms with van der Waals surface area (Å²) in [6.07, 6.45) is 0. The van der Waals surface area contributed by atoms with Gasteiger partial charge in [-0.05, 0) is 30.0 Å². The van der Waals surface area contributed by atoms with Crippen LogP contribution >= 0.6 is 0 Å². The zero-order valence-electron chi connectivity index (χ0n) is 50.2. The number of hydrogen-bond donors (Lipinski definition) is 3. The van der Waals surface area contributed by atoms with Crippen molar-refractivity contribution in [1.82, 2.24) is 0 Å². The van der Waals surface area contributed by atoms with Gasteiger partial charge in [0.15, 0.2) is 0 Å². The van der Waals surface area contributed by atoms with Gasteiger partial charge in [0, 0.05) is 215 Å². The molecule has 463 valence electrons. The molecule has 0 bridgehead atoms. The van der Waals surface area contributed by atoms with Crippen LogP contribution in [0.4, 0.5) is 39.8 Å². The van der Waals surface area contributed by atoms with Gasteiger partial charge in [-0.2, -0.15) is 30.3 Å². The fourth-order valence-electron chi connectivity index (χ4n) is 7.63. The maximum atomic E-state index is 12.6. The minimum absolute atomic E-state index is 0. The van der Waals surface area contributed by atoms with Crippen molar-refractivity contribution in [3.63, 3.8) is 0 Å². The SMILES string of the molecule is COc1[c-]cc(C)c(C)c1[N+](=O)[O-].COc1[c-]cc(C)c(N)c1.COc1[c-]cc(C)c(N)c1[N+](=O)[O-].COc1[c-]cc(C)c(N2C(=O)c3ccccc3C2=O)c1.COc1[c-]cc(C)c(N2C(=O)c3ccccc3C2=O)c1[N+](=O)[O-].N#N.O=[N+]([O-])O.[HH].[HH].[Y].[Y].[Y].[Y].[Y]. The van der Waals surface area contributed by atoms with Gasteiger partial charge in [-0.15, -0.1) is 80.4 Å². The quantitative estimate of drug-likeness (QED) is 0.0286. The zero-order valence-corrected chi connectivity index (χ0v) is 64.4. The summed E-state index contributed by atoms with van der Waals surface area (Å²) in [4.78, 5) is 91.3. The van der Waals surface area contributed by atoms with Crippen molar-refractivity contribution in [3.8, 4) is 28.7 Å². The maximum absolute atomic E-state index is 12.6. The summed E-state index contributed by atoms with van der Waals surface area (Å²) < 4.78 is 24.6. The number of anilines is 4. The zero-order chi connectivity index (χ0) is 64.2. The maximum Gasteiger partial charge on any atom is 0.291 e. The van der Waals surface area contributed by atoms with Crippen molar-refractivity contribution in [2.45, 2.75) is 41.5 Å². The number of nitro groups is 3. The standard InChI is InChI=1S/C16H11N2O5.C16H12NO3.C9H10NO3.C8H9N2O3.C8H10NO.N2.HNO3.5Y.2H2/c1-9-7-8-12(23-2)14(18(21)22)13(9)17-15(19)10-5-3-4-6-11(10)16(17)20;1-10-7-8-11(20-2)9-14(10)17-15(18)12-5-3-4-6-13(12)16(17)19;1-6-4-5-8(13-3)9(7(6)2)10(11)12;1-5-3-4-6(13-2)8(7(5)9)10(11)12;1-6-3-4-7(10-2)5-8(6)9;1-2;2-1(3)4;;;;;;;/h3-7H,1-2H3;3-7,9H,1-2H3;4H,1-3H3;3H,9H2,1-2H3;3,5H,9H2,1-2H3;;(H,2,3,4);;;;;;2*1H/q5*-1;;;;;;;;;. The third-order valence-corrected chi connectivity index (χ3v) is 12.1. The normalized spacial score (nSPS) is 10.5. The van der Waals surface area contributed by atoms with Gasteiger partial charge in [-0.1, -0.05) is 77.1 Å². The Balaban J connectivity index is -0.000000338. The Labute approximate surface area is 645 Å². The summed E-state index contributed by atoms with van der Waals surface area (Å²) in [5.74, 6) is -0.502. The third-order valence-electron chi connectivity index (χ3n) is 12.1.